The minimum Gasteiger partial charge on any atom is -0.494 e. The van der Waals surface area contributed by atoms with Gasteiger partial charge in [-0.1, -0.05) is 17.3 Å². The molecule has 7 nitrogen and oxygen atoms in total. The van der Waals surface area contributed by atoms with Crippen LogP contribution in [0.15, 0.2) is 72.1 Å². The molecule has 2 N–H and O–H groups in total. The number of nitrogens with zero attached hydrogens (tertiary/aromatic N) is 4. The molecule has 2 aromatic heterocycles. The van der Waals surface area contributed by atoms with Crippen molar-refractivity contribution in [2.24, 2.45) is 5.16 Å². The van der Waals surface area contributed by atoms with Crippen LogP contribution >= 0.6 is 12.4 Å². The summed E-state index contributed by atoms with van der Waals surface area (Å²) in [6, 6.07) is 18.2. The van der Waals surface area contributed by atoms with Gasteiger partial charge in [-0.05, 0) is 81.4 Å². The molecule has 0 atom stereocenters. The first-order chi connectivity index (χ1) is 17.1. The molecule has 0 fully saturated rings. The smallest absolute Gasteiger partial charge is 0.138 e. The summed E-state index contributed by atoms with van der Waals surface area (Å²) in [6.07, 6.45) is 6.17. The predicted molar refractivity (Wildman–Crippen MR) is 145 cm³/mol. The number of rotatable bonds is 8. The minimum atomic E-state index is 0. The monoisotopic (exact) mass is 503 g/mol. The first-order valence-electron chi connectivity index (χ1n) is 11.9. The van der Waals surface area contributed by atoms with E-state index < -0.39 is 0 Å². The van der Waals surface area contributed by atoms with Crippen LogP contribution in [-0.2, 0) is 6.42 Å². The Balaban J connectivity index is 0.00000304. The Bertz CT molecular complexity index is 1330. The van der Waals surface area contributed by atoms with Gasteiger partial charge in [-0.25, -0.2) is 4.98 Å². The van der Waals surface area contributed by atoms with Gasteiger partial charge in [-0.2, -0.15) is 0 Å². The number of hydrogen-bond donors (Lipinski definition) is 2. The van der Waals surface area contributed by atoms with Gasteiger partial charge in [0.15, 0.2) is 0 Å². The SMILES string of the molecule is CN(C)CCCOc1ccc(-c2nc(-c3ccc4c(c3)CC/C4=N\O)c(-c3ccncc3)[nH]2)cc1.Cl. The second-order valence-corrected chi connectivity index (χ2v) is 8.99. The van der Waals surface area contributed by atoms with Crippen LogP contribution in [0.25, 0.3) is 33.9 Å². The van der Waals surface area contributed by atoms with Gasteiger partial charge in [0, 0.05) is 41.2 Å². The lowest BCUT2D eigenvalue weighted by Crippen LogP contribution is -2.15. The molecule has 1 aliphatic rings. The van der Waals surface area contributed by atoms with Gasteiger partial charge >= 0.3 is 0 Å². The second-order valence-electron chi connectivity index (χ2n) is 8.99. The highest BCUT2D eigenvalue weighted by Gasteiger charge is 2.21. The summed E-state index contributed by atoms with van der Waals surface area (Å²) >= 11 is 0. The number of hydrogen-bond acceptors (Lipinski definition) is 6. The number of ether oxygens (including phenoxy) is 1. The van der Waals surface area contributed by atoms with Gasteiger partial charge < -0.3 is 19.8 Å². The maximum atomic E-state index is 9.28. The first kappa shape index (κ1) is 25.4. The topological polar surface area (TPSA) is 86.6 Å². The summed E-state index contributed by atoms with van der Waals surface area (Å²) in [7, 11) is 4.13. The van der Waals surface area contributed by atoms with E-state index in [1.165, 1.54) is 5.56 Å². The van der Waals surface area contributed by atoms with Crippen molar-refractivity contribution in [3.63, 3.8) is 0 Å². The third-order valence-electron chi connectivity index (χ3n) is 6.26. The van der Waals surface area contributed by atoms with E-state index in [1.54, 1.807) is 12.4 Å². The number of imidazole rings is 1. The lowest BCUT2D eigenvalue weighted by molar-refractivity contribution is 0.281. The quantitative estimate of drug-likeness (QED) is 0.183. The van der Waals surface area contributed by atoms with Gasteiger partial charge in [0.25, 0.3) is 0 Å². The number of halogens is 1. The summed E-state index contributed by atoms with van der Waals surface area (Å²) in [6.45, 7) is 1.69. The molecule has 0 unspecified atom stereocenters. The van der Waals surface area contributed by atoms with Crippen LogP contribution in [0.4, 0.5) is 0 Å². The summed E-state index contributed by atoms with van der Waals surface area (Å²) < 4.78 is 5.88. The molecule has 0 saturated carbocycles. The predicted octanol–water partition coefficient (Wildman–Crippen LogP) is 5.68. The molecule has 4 aromatic rings. The highest BCUT2D eigenvalue weighted by Crippen LogP contribution is 2.35. The van der Waals surface area contributed by atoms with E-state index in [-0.39, 0.29) is 12.4 Å². The zero-order chi connectivity index (χ0) is 24.2. The molecule has 8 heteroatoms. The van der Waals surface area contributed by atoms with E-state index >= 15 is 0 Å². The summed E-state index contributed by atoms with van der Waals surface area (Å²) in [5, 5.41) is 12.7. The van der Waals surface area contributed by atoms with Crippen LogP contribution in [0.5, 0.6) is 5.75 Å². The molecule has 1 aliphatic carbocycles. The number of oxime groups is 1. The van der Waals surface area contributed by atoms with Crippen LogP contribution in [-0.4, -0.2) is 58.0 Å². The Labute approximate surface area is 217 Å². The normalized spacial score (nSPS) is 13.6. The average molecular weight is 504 g/mol. The molecule has 5 rings (SSSR count). The van der Waals surface area contributed by atoms with Crippen LogP contribution in [0.2, 0.25) is 0 Å². The van der Waals surface area contributed by atoms with E-state index in [1.807, 2.05) is 48.5 Å². The number of aromatic amines is 1. The van der Waals surface area contributed by atoms with Crippen molar-refractivity contribution >= 4 is 18.1 Å². The number of nitrogens with one attached hydrogen (secondary N) is 1. The van der Waals surface area contributed by atoms with Gasteiger partial charge in [-0.3, -0.25) is 4.98 Å². The molecule has 186 valence electrons. The second kappa shape index (κ2) is 11.4. The third-order valence-corrected chi connectivity index (χ3v) is 6.26. The number of fused-ring (bicyclic) bond motifs is 1. The lowest BCUT2D eigenvalue weighted by atomic mass is 10.0. The Kier molecular flexibility index (Phi) is 8.03. The van der Waals surface area contributed by atoms with Crippen molar-refractivity contribution in [1.82, 2.24) is 19.9 Å². The molecule has 0 bridgehead atoms. The van der Waals surface area contributed by atoms with E-state index in [2.05, 4.69) is 40.2 Å². The van der Waals surface area contributed by atoms with Crippen LogP contribution < -0.4 is 4.74 Å². The molecule has 0 aliphatic heterocycles. The van der Waals surface area contributed by atoms with Crippen molar-refractivity contribution in [2.45, 2.75) is 19.3 Å². The Hall–Kier alpha value is -3.68. The lowest BCUT2D eigenvalue weighted by Gasteiger charge is -2.10. The Morgan fingerprint density at radius 3 is 2.44 bits per heavy atom. The van der Waals surface area contributed by atoms with Crippen molar-refractivity contribution in [2.75, 3.05) is 27.2 Å². The van der Waals surface area contributed by atoms with Crippen molar-refractivity contribution in [3.05, 3.63) is 78.1 Å². The fourth-order valence-corrected chi connectivity index (χ4v) is 4.45. The van der Waals surface area contributed by atoms with Crippen LogP contribution in [0, 0.1) is 0 Å². The molecule has 0 spiro atoms. The average Bonchev–Trinajstić information content (AvgIpc) is 3.51. The highest BCUT2D eigenvalue weighted by molar-refractivity contribution is 6.04. The minimum absolute atomic E-state index is 0. The molecule has 2 aromatic carbocycles. The van der Waals surface area contributed by atoms with E-state index in [0.717, 1.165) is 76.7 Å². The number of pyridine rings is 1. The van der Waals surface area contributed by atoms with E-state index in [9.17, 15) is 5.21 Å². The van der Waals surface area contributed by atoms with Crippen LogP contribution in [0.1, 0.15) is 24.0 Å². The standard InChI is InChI=1S/C28H29N5O2.ClH/c1-33(2)16-3-17-35-23-8-4-20(5-9-23)28-30-26(19-12-14-29-15-13-19)27(31-28)22-6-10-24-21(18-22)7-11-25(24)32-34;/h4-6,8-10,12-15,18,34H,3,7,11,16-17H2,1-2H3,(H,30,31);1H/b32-25+;. The van der Waals surface area contributed by atoms with Gasteiger partial charge in [0.05, 0.1) is 23.7 Å². The molecule has 0 radical (unpaired) electrons. The number of H-pyrrole nitrogens is 1. The van der Waals surface area contributed by atoms with Crippen molar-refractivity contribution in [3.8, 4) is 39.7 Å². The molecule has 0 amide bonds. The summed E-state index contributed by atoms with van der Waals surface area (Å²) in [5.41, 5.74) is 7.80. The first-order valence-corrected chi connectivity index (χ1v) is 11.9. The highest BCUT2D eigenvalue weighted by atomic mass is 35.5. The fourth-order valence-electron chi connectivity index (χ4n) is 4.45. The Morgan fingerprint density at radius 2 is 1.72 bits per heavy atom. The van der Waals surface area contributed by atoms with Crippen molar-refractivity contribution < 1.29 is 9.94 Å². The number of aryl methyl sites for hydroxylation is 1. The molecule has 0 saturated heterocycles. The molecule has 2 heterocycles. The largest absolute Gasteiger partial charge is 0.494 e. The molecular formula is C28H30ClN5O2. The van der Waals surface area contributed by atoms with E-state index in [4.69, 9.17) is 9.72 Å². The number of benzene rings is 2. The maximum absolute atomic E-state index is 9.28. The van der Waals surface area contributed by atoms with E-state index in [0.29, 0.717) is 6.61 Å². The number of aromatic nitrogens is 3. The molecular weight excluding hydrogens is 474 g/mol. The maximum Gasteiger partial charge on any atom is 0.138 e. The van der Waals surface area contributed by atoms with Gasteiger partial charge in [0.2, 0.25) is 0 Å². The zero-order valence-corrected chi connectivity index (χ0v) is 21.3. The molecule has 36 heavy (non-hydrogen) atoms. The van der Waals surface area contributed by atoms with Crippen molar-refractivity contribution in [1.29, 1.82) is 0 Å². The summed E-state index contributed by atoms with van der Waals surface area (Å²) in [4.78, 5) is 14.9. The van der Waals surface area contributed by atoms with Gasteiger partial charge in [0.1, 0.15) is 11.6 Å². The summed E-state index contributed by atoms with van der Waals surface area (Å²) in [5.74, 6) is 1.65. The fraction of sp³-hybridized carbons (Fsp3) is 0.250. The Morgan fingerprint density at radius 1 is 0.972 bits per heavy atom. The zero-order valence-electron chi connectivity index (χ0n) is 20.4. The van der Waals surface area contributed by atoms with Crippen LogP contribution in [0.3, 0.4) is 0 Å². The third kappa shape index (κ3) is 5.42. The van der Waals surface area contributed by atoms with Gasteiger partial charge in [-0.15, -0.1) is 12.4 Å².